The normalized spacial score (nSPS) is 10.1. The minimum atomic E-state index is 0.245. The molecule has 0 saturated heterocycles. The number of nitriles is 1. The van der Waals surface area contributed by atoms with E-state index in [-0.39, 0.29) is 6.61 Å². The maximum atomic E-state index is 8.78. The third kappa shape index (κ3) is 3.37. The molecule has 2 rings (SSSR count). The molecule has 0 heterocycles. The highest BCUT2D eigenvalue weighted by atomic mass is 79.9. The molecule has 0 fully saturated rings. The largest absolute Gasteiger partial charge is 0.485 e. The van der Waals surface area contributed by atoms with Gasteiger partial charge in [0.1, 0.15) is 6.61 Å². The Morgan fingerprint density at radius 1 is 1.25 bits per heavy atom. The Hall–Kier alpha value is -1.41. The summed E-state index contributed by atoms with van der Waals surface area (Å²) in [5, 5.41) is 9.79. The van der Waals surface area contributed by atoms with E-state index >= 15 is 0 Å². The van der Waals surface area contributed by atoms with Crippen LogP contribution in [-0.2, 0) is 6.61 Å². The monoisotopic (exact) mass is 370 g/mol. The van der Waals surface area contributed by atoms with Crippen LogP contribution in [-0.4, -0.2) is 0 Å². The quantitative estimate of drug-likeness (QED) is 0.789. The fraction of sp³-hybridized carbons (Fsp3) is 0.0714. The van der Waals surface area contributed by atoms with Crippen LogP contribution >= 0.6 is 39.1 Å². The molecule has 0 aliphatic heterocycles. The van der Waals surface area contributed by atoms with Crippen molar-refractivity contribution in [2.24, 2.45) is 0 Å². The van der Waals surface area contributed by atoms with Gasteiger partial charge in [0.25, 0.3) is 0 Å². The van der Waals surface area contributed by atoms with Crippen LogP contribution in [0.25, 0.3) is 0 Å². The second-order valence-electron chi connectivity index (χ2n) is 4.01. The maximum absolute atomic E-state index is 8.78. The second kappa shape index (κ2) is 6.36. The molecule has 0 radical (unpaired) electrons. The fourth-order valence-corrected chi connectivity index (χ4v) is 2.80. The first-order chi connectivity index (χ1) is 9.51. The summed E-state index contributed by atoms with van der Waals surface area (Å²) in [5.41, 5.74) is 7.57. The van der Waals surface area contributed by atoms with E-state index in [1.165, 1.54) is 0 Å². The van der Waals surface area contributed by atoms with Crippen LogP contribution in [0.3, 0.4) is 0 Å². The number of anilines is 1. The molecule has 0 aliphatic carbocycles. The first-order valence-electron chi connectivity index (χ1n) is 5.57. The van der Waals surface area contributed by atoms with Crippen LogP contribution in [0.4, 0.5) is 5.69 Å². The lowest BCUT2D eigenvalue weighted by molar-refractivity contribution is 0.306. The number of ether oxygens (including phenoxy) is 1. The van der Waals surface area contributed by atoms with Gasteiger partial charge in [0.2, 0.25) is 0 Å². The highest BCUT2D eigenvalue weighted by Crippen LogP contribution is 2.35. The molecule has 2 aromatic rings. The molecule has 102 valence electrons. The third-order valence-electron chi connectivity index (χ3n) is 2.59. The van der Waals surface area contributed by atoms with Gasteiger partial charge in [-0.15, -0.1) is 0 Å². The maximum Gasteiger partial charge on any atom is 0.156 e. The zero-order chi connectivity index (χ0) is 14.7. The van der Waals surface area contributed by atoms with Crippen LogP contribution in [0, 0.1) is 11.3 Å². The molecule has 0 bridgehead atoms. The summed E-state index contributed by atoms with van der Waals surface area (Å²) in [6.07, 6.45) is 0. The minimum absolute atomic E-state index is 0.245. The molecular weight excluding hydrogens is 363 g/mol. The van der Waals surface area contributed by atoms with Crippen LogP contribution in [0.5, 0.6) is 5.75 Å². The van der Waals surface area contributed by atoms with Crippen LogP contribution in [0.15, 0.2) is 34.8 Å². The predicted molar refractivity (Wildman–Crippen MR) is 84.1 cm³/mol. The van der Waals surface area contributed by atoms with Gasteiger partial charge in [-0.05, 0) is 40.2 Å². The van der Waals surface area contributed by atoms with Crippen molar-refractivity contribution in [2.75, 3.05) is 5.73 Å². The first-order valence-corrected chi connectivity index (χ1v) is 7.12. The highest BCUT2D eigenvalue weighted by Gasteiger charge is 2.09. The number of halogens is 3. The standard InChI is InChI=1S/C14H9BrCl2N2O/c15-11-4-10(16)5-13(19)14(11)20-7-9-2-1-8(6-18)3-12(9)17/h1-5H,7,19H2. The van der Waals surface area contributed by atoms with Crippen molar-refractivity contribution < 1.29 is 4.74 Å². The smallest absolute Gasteiger partial charge is 0.156 e. The van der Waals surface area contributed by atoms with Gasteiger partial charge in [-0.2, -0.15) is 5.26 Å². The Kier molecular flexibility index (Phi) is 4.77. The van der Waals surface area contributed by atoms with Gasteiger partial charge in [-0.25, -0.2) is 0 Å². The van der Waals surface area contributed by atoms with E-state index in [0.29, 0.717) is 31.5 Å². The molecular formula is C14H9BrCl2N2O. The number of hydrogen-bond donors (Lipinski definition) is 1. The molecule has 0 atom stereocenters. The molecule has 0 saturated carbocycles. The summed E-state index contributed by atoms with van der Waals surface area (Å²) in [6.45, 7) is 0.245. The van der Waals surface area contributed by atoms with Crippen molar-refractivity contribution in [1.82, 2.24) is 0 Å². The van der Waals surface area contributed by atoms with Crippen molar-refractivity contribution in [3.05, 3.63) is 56.0 Å². The fourth-order valence-electron chi connectivity index (χ4n) is 1.62. The Morgan fingerprint density at radius 3 is 2.60 bits per heavy atom. The molecule has 0 spiro atoms. The zero-order valence-electron chi connectivity index (χ0n) is 10.2. The molecule has 0 aliphatic rings. The lowest BCUT2D eigenvalue weighted by Crippen LogP contribution is -2.00. The number of nitrogens with zero attached hydrogens (tertiary/aromatic N) is 1. The highest BCUT2D eigenvalue weighted by molar-refractivity contribution is 9.10. The summed E-state index contributed by atoms with van der Waals surface area (Å²) < 4.78 is 6.34. The summed E-state index contributed by atoms with van der Waals surface area (Å²) in [6, 6.07) is 10.4. The Bertz CT molecular complexity index is 675. The summed E-state index contributed by atoms with van der Waals surface area (Å²) in [4.78, 5) is 0. The van der Waals surface area contributed by atoms with Crippen LogP contribution in [0.2, 0.25) is 10.0 Å². The molecule has 0 aromatic heterocycles. The summed E-state index contributed by atoms with van der Waals surface area (Å²) in [5.74, 6) is 0.509. The van der Waals surface area contributed by atoms with E-state index < -0.39 is 0 Å². The van der Waals surface area contributed by atoms with Crippen LogP contribution < -0.4 is 10.5 Å². The molecule has 0 unspecified atom stereocenters. The first kappa shape index (κ1) is 15.0. The third-order valence-corrected chi connectivity index (χ3v) is 3.75. The average Bonchev–Trinajstić information content (AvgIpc) is 2.39. The molecule has 2 aromatic carbocycles. The topological polar surface area (TPSA) is 59.0 Å². The number of hydrogen-bond acceptors (Lipinski definition) is 3. The predicted octanol–water partition coefficient (Wildman–Crippen LogP) is 4.79. The van der Waals surface area contributed by atoms with Crippen molar-refractivity contribution >= 4 is 44.8 Å². The zero-order valence-corrected chi connectivity index (χ0v) is 13.3. The molecule has 0 amide bonds. The number of rotatable bonds is 3. The second-order valence-corrected chi connectivity index (χ2v) is 5.71. The van der Waals surface area contributed by atoms with E-state index in [0.717, 1.165) is 5.56 Å². The van der Waals surface area contributed by atoms with Gasteiger partial charge in [0.15, 0.2) is 5.75 Å². The Morgan fingerprint density at radius 2 is 2.00 bits per heavy atom. The van der Waals surface area contributed by atoms with Gasteiger partial charge in [-0.1, -0.05) is 29.3 Å². The van der Waals surface area contributed by atoms with E-state index in [4.69, 9.17) is 38.9 Å². The lowest BCUT2D eigenvalue weighted by Gasteiger charge is -2.12. The van der Waals surface area contributed by atoms with E-state index in [2.05, 4.69) is 15.9 Å². The minimum Gasteiger partial charge on any atom is -0.485 e. The van der Waals surface area contributed by atoms with Gasteiger partial charge in [-0.3, -0.25) is 0 Å². The molecule has 6 heteroatoms. The number of benzene rings is 2. The molecule has 2 N–H and O–H groups in total. The van der Waals surface area contributed by atoms with Gasteiger partial charge in [0, 0.05) is 15.6 Å². The lowest BCUT2D eigenvalue weighted by atomic mass is 10.1. The average molecular weight is 372 g/mol. The molecule has 3 nitrogen and oxygen atoms in total. The summed E-state index contributed by atoms with van der Waals surface area (Å²) in [7, 11) is 0. The van der Waals surface area contributed by atoms with Crippen molar-refractivity contribution in [3.63, 3.8) is 0 Å². The Balaban J connectivity index is 2.20. The SMILES string of the molecule is N#Cc1ccc(COc2c(N)cc(Cl)cc2Br)c(Cl)c1. The number of nitrogen functional groups attached to an aromatic ring is 1. The van der Waals surface area contributed by atoms with Crippen molar-refractivity contribution in [2.45, 2.75) is 6.61 Å². The van der Waals surface area contributed by atoms with E-state index in [1.807, 2.05) is 6.07 Å². The van der Waals surface area contributed by atoms with Crippen molar-refractivity contribution in [3.8, 4) is 11.8 Å². The van der Waals surface area contributed by atoms with Gasteiger partial charge in [0.05, 0.1) is 21.8 Å². The number of nitrogens with two attached hydrogens (primary N) is 1. The van der Waals surface area contributed by atoms with Gasteiger partial charge >= 0.3 is 0 Å². The van der Waals surface area contributed by atoms with Crippen LogP contribution in [0.1, 0.15) is 11.1 Å². The van der Waals surface area contributed by atoms with Gasteiger partial charge < -0.3 is 10.5 Å². The van der Waals surface area contributed by atoms with E-state index in [9.17, 15) is 0 Å². The van der Waals surface area contributed by atoms with E-state index in [1.54, 1.807) is 30.3 Å². The molecule has 20 heavy (non-hydrogen) atoms. The summed E-state index contributed by atoms with van der Waals surface area (Å²) >= 11 is 15.3. The Labute approximate surface area is 135 Å². The van der Waals surface area contributed by atoms with Crippen molar-refractivity contribution in [1.29, 1.82) is 5.26 Å².